The number of hydrogen-bond acceptors (Lipinski definition) is 2. The van der Waals surface area contributed by atoms with Gasteiger partial charge in [0.25, 0.3) is 0 Å². The maximum atomic E-state index is 4.46. The first kappa shape index (κ1) is 7.68. The molecule has 2 nitrogen and oxygen atoms in total. The molecule has 14 heavy (non-hydrogen) atoms. The molecule has 2 heteroatoms. The number of pyridine rings is 1. The summed E-state index contributed by atoms with van der Waals surface area (Å²) in [7, 11) is 0. The number of aromatic nitrogens is 1. The van der Waals surface area contributed by atoms with Crippen molar-refractivity contribution in [3.05, 3.63) is 36.0 Å². The number of hydrogen-bond donors (Lipinski definition) is 0. The Morgan fingerprint density at radius 3 is 3.00 bits per heavy atom. The van der Waals surface area contributed by atoms with Crippen LogP contribution in [0, 0.1) is 0 Å². The summed E-state index contributed by atoms with van der Waals surface area (Å²) in [4.78, 5) is 8.84. The van der Waals surface area contributed by atoms with Gasteiger partial charge in [-0.15, -0.1) is 0 Å². The van der Waals surface area contributed by atoms with Crippen molar-refractivity contribution in [2.45, 2.75) is 13.3 Å². The van der Waals surface area contributed by atoms with E-state index in [1.165, 1.54) is 16.7 Å². The summed E-state index contributed by atoms with van der Waals surface area (Å²) < 4.78 is 0. The standard InChI is InChI=1S/C12H10N2/c1-8-6-10-9-4-2-3-5-11(9)13-7-12(10)14-8/h2-5,7H,6H2,1H3. The van der Waals surface area contributed by atoms with Gasteiger partial charge < -0.3 is 0 Å². The molecule has 0 fully saturated rings. The van der Waals surface area contributed by atoms with Gasteiger partial charge >= 0.3 is 0 Å². The van der Waals surface area contributed by atoms with Gasteiger partial charge in [0.15, 0.2) is 0 Å². The first-order valence-corrected chi connectivity index (χ1v) is 4.75. The number of aliphatic imine (C=N–C) groups is 1. The van der Waals surface area contributed by atoms with Crippen LogP contribution in [-0.4, -0.2) is 10.7 Å². The average molecular weight is 182 g/mol. The molecule has 0 unspecified atom stereocenters. The van der Waals surface area contributed by atoms with Crippen molar-refractivity contribution in [2.24, 2.45) is 4.99 Å². The Hall–Kier alpha value is -1.70. The van der Waals surface area contributed by atoms with E-state index in [1.807, 2.05) is 18.3 Å². The van der Waals surface area contributed by atoms with Crippen LogP contribution in [0.3, 0.4) is 0 Å². The predicted octanol–water partition coefficient (Wildman–Crippen LogP) is 2.88. The van der Waals surface area contributed by atoms with E-state index in [1.54, 1.807) is 0 Å². The lowest BCUT2D eigenvalue weighted by Crippen LogP contribution is -1.90. The fraction of sp³-hybridized carbons (Fsp3) is 0.167. The van der Waals surface area contributed by atoms with Crippen molar-refractivity contribution >= 4 is 22.3 Å². The Kier molecular flexibility index (Phi) is 1.45. The van der Waals surface area contributed by atoms with Crippen LogP contribution in [0.4, 0.5) is 5.69 Å². The third-order valence-electron chi connectivity index (χ3n) is 2.61. The van der Waals surface area contributed by atoms with Gasteiger partial charge in [-0.1, -0.05) is 18.2 Å². The Balaban J connectivity index is 2.38. The van der Waals surface area contributed by atoms with Crippen molar-refractivity contribution < 1.29 is 0 Å². The number of fused-ring (bicyclic) bond motifs is 3. The highest BCUT2D eigenvalue weighted by atomic mass is 14.8. The molecule has 0 atom stereocenters. The second-order valence-corrected chi connectivity index (χ2v) is 3.66. The van der Waals surface area contributed by atoms with Crippen molar-refractivity contribution in [1.29, 1.82) is 0 Å². The quantitative estimate of drug-likeness (QED) is 0.615. The minimum atomic E-state index is 0.971. The summed E-state index contributed by atoms with van der Waals surface area (Å²) in [5.74, 6) is 0. The van der Waals surface area contributed by atoms with Crippen LogP contribution in [0.25, 0.3) is 10.9 Å². The predicted molar refractivity (Wildman–Crippen MR) is 58.2 cm³/mol. The van der Waals surface area contributed by atoms with E-state index >= 15 is 0 Å². The molecule has 2 heterocycles. The zero-order valence-electron chi connectivity index (χ0n) is 7.99. The van der Waals surface area contributed by atoms with E-state index in [2.05, 4.69) is 29.0 Å². The van der Waals surface area contributed by atoms with Gasteiger partial charge in [-0.05, 0) is 18.6 Å². The zero-order chi connectivity index (χ0) is 9.54. The van der Waals surface area contributed by atoms with Gasteiger partial charge in [-0.2, -0.15) is 0 Å². The lowest BCUT2D eigenvalue weighted by atomic mass is 10.1. The molecule has 0 saturated carbocycles. The Bertz CT molecular complexity index is 541. The Morgan fingerprint density at radius 2 is 2.07 bits per heavy atom. The molecule has 68 valence electrons. The molecule has 1 aliphatic heterocycles. The maximum absolute atomic E-state index is 4.46. The first-order valence-electron chi connectivity index (χ1n) is 4.75. The van der Waals surface area contributed by atoms with Gasteiger partial charge in [0, 0.05) is 17.5 Å². The van der Waals surface area contributed by atoms with E-state index in [0.717, 1.165) is 17.6 Å². The first-order chi connectivity index (χ1) is 6.84. The van der Waals surface area contributed by atoms with Crippen LogP contribution in [0.2, 0.25) is 0 Å². The summed E-state index contributed by atoms with van der Waals surface area (Å²) >= 11 is 0. The molecule has 0 amide bonds. The molecular weight excluding hydrogens is 172 g/mol. The fourth-order valence-electron chi connectivity index (χ4n) is 1.97. The van der Waals surface area contributed by atoms with Gasteiger partial charge in [0.05, 0.1) is 17.4 Å². The SMILES string of the molecule is CC1=Nc2cnc3ccccc3c2C1. The molecule has 0 N–H and O–H groups in total. The number of nitrogens with zero attached hydrogens (tertiary/aromatic N) is 2. The van der Waals surface area contributed by atoms with Crippen molar-refractivity contribution in [2.75, 3.05) is 0 Å². The fourth-order valence-corrected chi connectivity index (χ4v) is 1.97. The lowest BCUT2D eigenvalue weighted by molar-refractivity contribution is 1.34. The third-order valence-corrected chi connectivity index (χ3v) is 2.61. The molecule has 0 spiro atoms. The third kappa shape index (κ3) is 0.970. The topological polar surface area (TPSA) is 25.2 Å². The van der Waals surface area contributed by atoms with Gasteiger partial charge in [-0.25, -0.2) is 0 Å². The zero-order valence-corrected chi connectivity index (χ0v) is 7.99. The number of benzene rings is 1. The summed E-state index contributed by atoms with van der Waals surface area (Å²) in [6, 6.07) is 8.24. The van der Waals surface area contributed by atoms with Crippen LogP contribution in [0.15, 0.2) is 35.5 Å². The molecule has 0 aliphatic carbocycles. The van der Waals surface area contributed by atoms with E-state index in [4.69, 9.17) is 0 Å². The normalized spacial score (nSPS) is 14.2. The highest BCUT2D eigenvalue weighted by molar-refractivity contribution is 5.98. The van der Waals surface area contributed by atoms with Gasteiger partial charge in [0.2, 0.25) is 0 Å². The largest absolute Gasteiger partial charge is 0.256 e. The highest BCUT2D eigenvalue weighted by Crippen LogP contribution is 2.31. The number of rotatable bonds is 0. The van der Waals surface area contributed by atoms with Crippen LogP contribution < -0.4 is 0 Å². The van der Waals surface area contributed by atoms with E-state index < -0.39 is 0 Å². The van der Waals surface area contributed by atoms with Crippen LogP contribution >= 0.6 is 0 Å². The average Bonchev–Trinajstić information content (AvgIpc) is 2.59. The van der Waals surface area contributed by atoms with E-state index in [9.17, 15) is 0 Å². The van der Waals surface area contributed by atoms with Gasteiger partial charge in [0.1, 0.15) is 0 Å². The molecule has 1 aromatic carbocycles. The molecule has 0 radical (unpaired) electrons. The summed E-state index contributed by atoms with van der Waals surface area (Å²) in [5.41, 5.74) is 4.61. The summed E-state index contributed by atoms with van der Waals surface area (Å²) in [6.45, 7) is 2.06. The Labute approximate surface area is 82.3 Å². The van der Waals surface area contributed by atoms with Crippen LogP contribution in [0.1, 0.15) is 12.5 Å². The van der Waals surface area contributed by atoms with Crippen LogP contribution in [-0.2, 0) is 6.42 Å². The van der Waals surface area contributed by atoms with E-state index in [0.29, 0.717) is 0 Å². The molecule has 3 rings (SSSR count). The van der Waals surface area contributed by atoms with Crippen molar-refractivity contribution in [3.63, 3.8) is 0 Å². The monoisotopic (exact) mass is 182 g/mol. The van der Waals surface area contributed by atoms with Crippen molar-refractivity contribution in [3.8, 4) is 0 Å². The van der Waals surface area contributed by atoms with Gasteiger partial charge in [-0.3, -0.25) is 9.98 Å². The summed E-state index contributed by atoms with van der Waals surface area (Å²) in [6.07, 6.45) is 2.84. The molecule has 1 aliphatic rings. The number of para-hydroxylation sites is 1. The smallest absolute Gasteiger partial charge is 0.0854 e. The molecule has 0 saturated heterocycles. The minimum Gasteiger partial charge on any atom is -0.256 e. The maximum Gasteiger partial charge on any atom is 0.0854 e. The lowest BCUT2D eigenvalue weighted by Gasteiger charge is -2.02. The second kappa shape index (κ2) is 2.64. The highest BCUT2D eigenvalue weighted by Gasteiger charge is 2.14. The molecule has 1 aromatic heterocycles. The summed E-state index contributed by atoms with van der Waals surface area (Å²) in [5, 5.41) is 1.24. The molecule has 0 bridgehead atoms. The van der Waals surface area contributed by atoms with E-state index in [-0.39, 0.29) is 0 Å². The minimum absolute atomic E-state index is 0.971. The molecular formula is C12H10N2. The van der Waals surface area contributed by atoms with Crippen LogP contribution in [0.5, 0.6) is 0 Å². The Morgan fingerprint density at radius 1 is 1.21 bits per heavy atom. The van der Waals surface area contributed by atoms with Crippen molar-refractivity contribution in [1.82, 2.24) is 4.98 Å². The second-order valence-electron chi connectivity index (χ2n) is 3.66. The molecule has 2 aromatic rings.